The van der Waals surface area contributed by atoms with Gasteiger partial charge < -0.3 is 10.1 Å². The lowest BCUT2D eigenvalue weighted by atomic mass is 10.1. The normalized spacial score (nSPS) is 15.1. The zero-order valence-corrected chi connectivity index (χ0v) is 18.9. The van der Waals surface area contributed by atoms with E-state index in [1.807, 2.05) is 0 Å². The standard InChI is InChI=1S/C21H17ClF2N2O4S2/c22-19-15(25-14(9-16(19)27)11-5-6-12(23)13(24)8-11)10-17-20(30)26(21(31)32-17)7-3-1-2-4-18(28)29/h5-6,8-10H,1-4,7H2,(H,25,27)(H,28,29)/b17-10-. The third-order valence-electron chi connectivity index (χ3n) is 4.65. The molecular formula is C21H17ClF2N2O4S2. The van der Waals surface area contributed by atoms with E-state index in [2.05, 4.69) is 4.98 Å². The number of unbranched alkanes of at least 4 members (excludes halogenated alkanes) is 2. The Morgan fingerprint density at radius 1 is 1.19 bits per heavy atom. The number of aliphatic carboxylic acids is 1. The molecule has 0 saturated carbocycles. The minimum absolute atomic E-state index is 0.0679. The molecule has 2 N–H and O–H groups in total. The number of benzene rings is 1. The molecule has 0 atom stereocenters. The number of carboxylic acids is 1. The molecule has 6 nitrogen and oxygen atoms in total. The molecule has 1 aromatic heterocycles. The van der Waals surface area contributed by atoms with Crippen molar-refractivity contribution in [2.24, 2.45) is 0 Å². The highest BCUT2D eigenvalue weighted by molar-refractivity contribution is 8.26. The van der Waals surface area contributed by atoms with Gasteiger partial charge in [-0.25, -0.2) is 8.78 Å². The molecule has 32 heavy (non-hydrogen) atoms. The first-order valence-corrected chi connectivity index (χ1v) is 11.1. The van der Waals surface area contributed by atoms with Crippen LogP contribution in [0.15, 0.2) is 34.0 Å². The summed E-state index contributed by atoms with van der Waals surface area (Å²) in [5, 5.41) is 8.52. The van der Waals surface area contributed by atoms with Gasteiger partial charge in [0.15, 0.2) is 11.6 Å². The highest BCUT2D eigenvalue weighted by Gasteiger charge is 2.31. The third-order valence-corrected chi connectivity index (χ3v) is 6.42. The van der Waals surface area contributed by atoms with Gasteiger partial charge in [-0.05, 0) is 37.1 Å². The predicted octanol–water partition coefficient (Wildman–Crippen LogP) is 4.82. The van der Waals surface area contributed by atoms with Crippen molar-refractivity contribution in [1.82, 2.24) is 9.88 Å². The van der Waals surface area contributed by atoms with Crippen molar-refractivity contribution in [3.8, 4) is 11.3 Å². The Kier molecular flexibility index (Phi) is 7.81. The highest BCUT2D eigenvalue weighted by atomic mass is 35.5. The molecule has 1 fully saturated rings. The quantitative estimate of drug-likeness (QED) is 0.308. The summed E-state index contributed by atoms with van der Waals surface area (Å²) in [6, 6.07) is 4.36. The fourth-order valence-electron chi connectivity index (χ4n) is 3.03. The molecule has 3 rings (SSSR count). The van der Waals surface area contributed by atoms with Crippen LogP contribution in [0.2, 0.25) is 5.02 Å². The lowest BCUT2D eigenvalue weighted by Gasteiger charge is -2.13. The lowest BCUT2D eigenvalue weighted by molar-refractivity contribution is -0.137. The zero-order valence-electron chi connectivity index (χ0n) is 16.5. The molecule has 168 valence electrons. The van der Waals surface area contributed by atoms with Gasteiger partial charge in [-0.1, -0.05) is 42.0 Å². The first kappa shape index (κ1) is 24.1. The molecule has 2 heterocycles. The molecule has 1 aliphatic rings. The number of H-pyrrole nitrogens is 1. The summed E-state index contributed by atoms with van der Waals surface area (Å²) in [5.41, 5.74) is 0.0332. The number of halogens is 3. The molecule has 0 bridgehead atoms. The van der Waals surface area contributed by atoms with E-state index >= 15 is 0 Å². The SMILES string of the molecule is O=C(O)CCCCCN1C(=O)/C(=C/c2[nH]c(-c3ccc(F)c(F)c3)cc(=O)c2Cl)SC1=S. The van der Waals surface area contributed by atoms with E-state index in [4.69, 9.17) is 28.9 Å². The number of aromatic nitrogens is 1. The van der Waals surface area contributed by atoms with Gasteiger partial charge in [-0.15, -0.1) is 0 Å². The van der Waals surface area contributed by atoms with Crippen molar-refractivity contribution in [3.63, 3.8) is 0 Å². The van der Waals surface area contributed by atoms with Crippen molar-refractivity contribution in [2.75, 3.05) is 6.54 Å². The number of carbonyl (C=O) groups is 2. The molecule has 0 radical (unpaired) electrons. The fraction of sp³-hybridized carbons (Fsp3) is 0.238. The fourth-order valence-corrected chi connectivity index (χ4v) is 4.48. The van der Waals surface area contributed by atoms with E-state index in [1.54, 1.807) is 0 Å². The largest absolute Gasteiger partial charge is 0.481 e. The zero-order chi connectivity index (χ0) is 23.4. The van der Waals surface area contributed by atoms with Crippen molar-refractivity contribution in [2.45, 2.75) is 25.7 Å². The highest BCUT2D eigenvalue weighted by Crippen LogP contribution is 2.33. The van der Waals surface area contributed by atoms with E-state index in [1.165, 1.54) is 17.0 Å². The minimum Gasteiger partial charge on any atom is -0.481 e. The summed E-state index contributed by atoms with van der Waals surface area (Å²) in [5.74, 6) is -3.30. The van der Waals surface area contributed by atoms with Gasteiger partial charge in [0.25, 0.3) is 5.91 Å². The maximum absolute atomic E-state index is 13.6. The van der Waals surface area contributed by atoms with Crippen molar-refractivity contribution >= 4 is 57.9 Å². The Balaban J connectivity index is 1.81. The van der Waals surface area contributed by atoms with Crippen LogP contribution in [-0.2, 0) is 9.59 Å². The van der Waals surface area contributed by atoms with Crippen LogP contribution in [0.4, 0.5) is 8.78 Å². The lowest BCUT2D eigenvalue weighted by Crippen LogP contribution is -2.29. The van der Waals surface area contributed by atoms with Crippen LogP contribution in [0, 0.1) is 11.6 Å². The van der Waals surface area contributed by atoms with Crippen LogP contribution in [0.1, 0.15) is 31.4 Å². The second-order valence-corrected chi connectivity index (χ2v) is 9.00. The number of amides is 1. The number of thioether (sulfide) groups is 1. The first-order chi connectivity index (χ1) is 15.2. The summed E-state index contributed by atoms with van der Waals surface area (Å²) in [7, 11) is 0. The summed E-state index contributed by atoms with van der Waals surface area (Å²) in [6.07, 6.45) is 3.21. The maximum atomic E-state index is 13.6. The Bertz CT molecular complexity index is 1180. The monoisotopic (exact) mass is 498 g/mol. The number of carboxylic acid groups (broad SMARTS) is 1. The van der Waals surface area contributed by atoms with Crippen LogP contribution >= 0.6 is 35.6 Å². The number of carbonyl (C=O) groups excluding carboxylic acids is 1. The third kappa shape index (κ3) is 5.62. The number of rotatable bonds is 8. The summed E-state index contributed by atoms with van der Waals surface area (Å²) < 4.78 is 27.2. The predicted molar refractivity (Wildman–Crippen MR) is 123 cm³/mol. The number of nitrogens with one attached hydrogen (secondary N) is 1. The van der Waals surface area contributed by atoms with Crippen LogP contribution in [0.25, 0.3) is 17.3 Å². The molecule has 2 aromatic rings. The summed E-state index contributed by atoms with van der Waals surface area (Å²) in [4.78, 5) is 40.2. The van der Waals surface area contributed by atoms with Crippen molar-refractivity contribution in [1.29, 1.82) is 0 Å². The average Bonchev–Trinajstić information content (AvgIpc) is 3.00. The molecular weight excluding hydrogens is 482 g/mol. The second kappa shape index (κ2) is 10.4. The smallest absolute Gasteiger partial charge is 0.303 e. The Morgan fingerprint density at radius 3 is 2.62 bits per heavy atom. The van der Waals surface area contributed by atoms with Gasteiger partial charge in [-0.2, -0.15) is 0 Å². The van der Waals surface area contributed by atoms with E-state index < -0.39 is 23.0 Å². The van der Waals surface area contributed by atoms with Crippen molar-refractivity contribution in [3.05, 3.63) is 61.7 Å². The van der Waals surface area contributed by atoms with Gasteiger partial charge in [0.05, 0.1) is 10.6 Å². The molecule has 1 aliphatic heterocycles. The molecule has 1 saturated heterocycles. The van der Waals surface area contributed by atoms with E-state index in [0.717, 1.165) is 30.0 Å². The topological polar surface area (TPSA) is 90.5 Å². The molecule has 0 unspecified atom stereocenters. The Hall–Kier alpha value is -2.56. The summed E-state index contributed by atoms with van der Waals surface area (Å²) in [6.45, 7) is 0.348. The second-order valence-electron chi connectivity index (χ2n) is 6.94. The number of nitrogens with zero attached hydrogens (tertiary/aromatic N) is 1. The van der Waals surface area contributed by atoms with Crippen molar-refractivity contribution < 1.29 is 23.5 Å². The number of thiocarbonyl (C=S) groups is 1. The molecule has 0 aliphatic carbocycles. The van der Waals surface area contributed by atoms with Gasteiger partial charge in [0.1, 0.15) is 9.34 Å². The van der Waals surface area contributed by atoms with E-state index in [0.29, 0.717) is 30.1 Å². The summed E-state index contributed by atoms with van der Waals surface area (Å²) >= 11 is 12.4. The number of hydrogen-bond donors (Lipinski definition) is 2. The molecule has 0 spiro atoms. The van der Waals surface area contributed by atoms with E-state index in [-0.39, 0.29) is 39.2 Å². The van der Waals surface area contributed by atoms with E-state index in [9.17, 15) is 23.2 Å². The molecule has 1 amide bonds. The number of aromatic amines is 1. The minimum atomic E-state index is -1.07. The number of pyridine rings is 1. The molecule has 11 heteroatoms. The first-order valence-electron chi connectivity index (χ1n) is 9.53. The van der Waals surface area contributed by atoms with Gasteiger partial charge >= 0.3 is 5.97 Å². The van der Waals surface area contributed by atoms with Crippen LogP contribution < -0.4 is 5.43 Å². The average molecular weight is 499 g/mol. The van der Waals surface area contributed by atoms with Crippen LogP contribution in [-0.4, -0.2) is 37.7 Å². The van der Waals surface area contributed by atoms with Crippen LogP contribution in [0.5, 0.6) is 0 Å². The van der Waals surface area contributed by atoms with Gasteiger partial charge in [-0.3, -0.25) is 19.3 Å². The van der Waals surface area contributed by atoms with Crippen LogP contribution in [0.3, 0.4) is 0 Å². The van der Waals surface area contributed by atoms with Gasteiger partial charge in [0.2, 0.25) is 5.43 Å². The van der Waals surface area contributed by atoms with Gasteiger partial charge in [0, 0.05) is 30.3 Å². The Morgan fingerprint density at radius 2 is 1.94 bits per heavy atom. The Labute approximate surface area is 196 Å². The molecule has 1 aromatic carbocycles. The number of hydrogen-bond acceptors (Lipinski definition) is 5. The maximum Gasteiger partial charge on any atom is 0.303 e.